The Morgan fingerprint density at radius 3 is 2.70 bits per heavy atom. The molecular formula is C16H21ClN2O. The molecule has 2 rings (SSSR count). The van der Waals surface area contributed by atoms with Crippen LogP contribution in [0.2, 0.25) is 0 Å². The van der Waals surface area contributed by atoms with E-state index in [4.69, 9.17) is 16.3 Å². The predicted octanol–water partition coefficient (Wildman–Crippen LogP) is 3.83. The van der Waals surface area contributed by atoms with E-state index in [-0.39, 0.29) is 0 Å². The van der Waals surface area contributed by atoms with Gasteiger partial charge in [0.15, 0.2) is 0 Å². The molecule has 0 aliphatic heterocycles. The Labute approximate surface area is 125 Å². The van der Waals surface area contributed by atoms with Crippen molar-refractivity contribution in [2.24, 2.45) is 0 Å². The molecule has 0 saturated carbocycles. The second kappa shape index (κ2) is 6.91. The Hall–Kier alpha value is -1.32. The lowest BCUT2D eigenvalue weighted by molar-refractivity contribution is 0.204. The molecule has 1 aromatic heterocycles. The first kappa shape index (κ1) is 15.1. The molecule has 4 heteroatoms. The molecule has 0 atom stereocenters. The third kappa shape index (κ3) is 3.22. The number of fused-ring (bicyclic) bond motifs is 1. The molecule has 0 radical (unpaired) electrons. The summed E-state index contributed by atoms with van der Waals surface area (Å²) in [4.78, 5) is 6.92. The van der Waals surface area contributed by atoms with Crippen LogP contribution in [0.4, 0.5) is 5.69 Å². The van der Waals surface area contributed by atoms with Gasteiger partial charge in [0, 0.05) is 30.8 Å². The first-order chi connectivity index (χ1) is 9.67. The zero-order valence-electron chi connectivity index (χ0n) is 12.3. The number of pyridine rings is 1. The summed E-state index contributed by atoms with van der Waals surface area (Å²) in [6.45, 7) is 5.92. The van der Waals surface area contributed by atoms with Gasteiger partial charge < -0.3 is 9.64 Å². The zero-order chi connectivity index (χ0) is 14.5. The average molecular weight is 293 g/mol. The average Bonchev–Trinajstić information content (AvgIpc) is 2.46. The lowest BCUT2D eigenvalue weighted by Crippen LogP contribution is -2.34. The largest absolute Gasteiger partial charge is 0.383 e. The summed E-state index contributed by atoms with van der Waals surface area (Å²) in [5, 5.41) is 1.16. The van der Waals surface area contributed by atoms with Crippen LogP contribution >= 0.6 is 11.6 Å². The van der Waals surface area contributed by atoms with Crippen molar-refractivity contribution in [3.63, 3.8) is 0 Å². The van der Waals surface area contributed by atoms with Crippen LogP contribution in [0, 0.1) is 0 Å². The van der Waals surface area contributed by atoms with Crippen molar-refractivity contribution in [1.82, 2.24) is 4.98 Å². The van der Waals surface area contributed by atoms with Crippen LogP contribution in [0.3, 0.4) is 0 Å². The number of nitrogens with zero attached hydrogens (tertiary/aromatic N) is 2. The Kier molecular flexibility index (Phi) is 5.21. The highest BCUT2D eigenvalue weighted by Gasteiger charge is 2.15. The smallest absolute Gasteiger partial charge is 0.0726 e. The SMILES string of the molecule is COCCN(c1cc(CCl)nc2ccccc12)C(C)C. The van der Waals surface area contributed by atoms with E-state index in [9.17, 15) is 0 Å². The number of hydrogen-bond donors (Lipinski definition) is 0. The number of anilines is 1. The molecule has 0 amide bonds. The molecule has 3 nitrogen and oxygen atoms in total. The topological polar surface area (TPSA) is 25.4 Å². The highest BCUT2D eigenvalue weighted by atomic mass is 35.5. The van der Waals surface area contributed by atoms with Crippen molar-refractivity contribution in [2.75, 3.05) is 25.2 Å². The van der Waals surface area contributed by atoms with Gasteiger partial charge in [0.1, 0.15) is 0 Å². The van der Waals surface area contributed by atoms with E-state index < -0.39 is 0 Å². The molecule has 0 fully saturated rings. The summed E-state index contributed by atoms with van der Waals surface area (Å²) in [7, 11) is 1.73. The minimum Gasteiger partial charge on any atom is -0.383 e. The fourth-order valence-electron chi connectivity index (χ4n) is 2.36. The van der Waals surface area contributed by atoms with E-state index in [1.807, 2.05) is 18.2 Å². The van der Waals surface area contributed by atoms with Gasteiger partial charge in [0.2, 0.25) is 0 Å². The van der Waals surface area contributed by atoms with Gasteiger partial charge in [-0.3, -0.25) is 4.98 Å². The number of methoxy groups -OCH3 is 1. The van der Waals surface area contributed by atoms with Crippen LogP contribution < -0.4 is 4.90 Å². The number of benzene rings is 1. The van der Waals surface area contributed by atoms with Gasteiger partial charge >= 0.3 is 0 Å². The number of alkyl halides is 1. The third-order valence-electron chi connectivity index (χ3n) is 3.35. The van der Waals surface area contributed by atoms with Gasteiger partial charge in [-0.05, 0) is 26.0 Å². The highest BCUT2D eigenvalue weighted by Crippen LogP contribution is 2.28. The molecule has 108 valence electrons. The van der Waals surface area contributed by atoms with Crippen molar-refractivity contribution in [3.8, 4) is 0 Å². The van der Waals surface area contributed by atoms with Gasteiger partial charge in [-0.25, -0.2) is 0 Å². The standard InChI is InChI=1S/C16H21ClN2O/c1-12(2)19(8-9-20-3)16-10-13(11-17)18-15-7-5-4-6-14(15)16/h4-7,10,12H,8-9,11H2,1-3H3. The van der Waals surface area contributed by atoms with E-state index in [2.05, 4.69) is 35.9 Å². The summed E-state index contributed by atoms with van der Waals surface area (Å²) >= 11 is 5.98. The lowest BCUT2D eigenvalue weighted by atomic mass is 10.1. The molecule has 0 unspecified atom stereocenters. The van der Waals surface area contributed by atoms with Crippen LogP contribution in [-0.4, -0.2) is 31.3 Å². The molecule has 0 aliphatic rings. The highest BCUT2D eigenvalue weighted by molar-refractivity contribution is 6.17. The summed E-state index contributed by atoms with van der Waals surface area (Å²) < 4.78 is 5.23. The van der Waals surface area contributed by atoms with Crippen LogP contribution in [0.5, 0.6) is 0 Å². The molecule has 20 heavy (non-hydrogen) atoms. The van der Waals surface area contributed by atoms with Gasteiger partial charge in [0.25, 0.3) is 0 Å². The van der Waals surface area contributed by atoms with Crippen molar-refractivity contribution in [3.05, 3.63) is 36.0 Å². The molecule has 0 aliphatic carbocycles. The van der Waals surface area contributed by atoms with Crippen molar-refractivity contribution in [1.29, 1.82) is 0 Å². The van der Waals surface area contributed by atoms with Gasteiger partial charge in [0.05, 0.1) is 23.7 Å². The Morgan fingerprint density at radius 1 is 1.30 bits per heavy atom. The van der Waals surface area contributed by atoms with Crippen LogP contribution in [-0.2, 0) is 10.6 Å². The number of halogens is 1. The summed E-state index contributed by atoms with van der Waals surface area (Å²) in [5.41, 5.74) is 3.07. The fraction of sp³-hybridized carbons (Fsp3) is 0.438. The van der Waals surface area contributed by atoms with Crippen molar-refractivity contribution < 1.29 is 4.74 Å². The second-order valence-corrected chi connectivity index (χ2v) is 5.33. The van der Waals surface area contributed by atoms with Crippen LogP contribution in [0.1, 0.15) is 19.5 Å². The molecule has 0 N–H and O–H groups in total. The monoisotopic (exact) mass is 292 g/mol. The van der Waals surface area contributed by atoms with Crippen LogP contribution in [0.25, 0.3) is 10.9 Å². The number of aromatic nitrogens is 1. The van der Waals surface area contributed by atoms with E-state index in [0.717, 1.165) is 23.1 Å². The van der Waals surface area contributed by atoms with E-state index >= 15 is 0 Å². The summed E-state index contributed by atoms with van der Waals surface area (Å²) in [6, 6.07) is 10.7. The number of rotatable bonds is 6. The molecule has 0 spiro atoms. The Balaban J connectivity index is 2.53. The second-order valence-electron chi connectivity index (χ2n) is 5.06. The molecule has 1 heterocycles. The van der Waals surface area contributed by atoms with Crippen molar-refractivity contribution in [2.45, 2.75) is 25.8 Å². The van der Waals surface area contributed by atoms with E-state index in [1.165, 1.54) is 5.69 Å². The molecule has 0 bridgehead atoms. The third-order valence-corrected chi connectivity index (χ3v) is 3.63. The number of hydrogen-bond acceptors (Lipinski definition) is 3. The quantitative estimate of drug-likeness (QED) is 0.757. The Bertz CT molecular complexity index is 571. The number of para-hydroxylation sites is 1. The minimum atomic E-state index is 0.388. The minimum absolute atomic E-state index is 0.388. The maximum Gasteiger partial charge on any atom is 0.0726 e. The fourth-order valence-corrected chi connectivity index (χ4v) is 2.50. The zero-order valence-corrected chi connectivity index (χ0v) is 13.0. The first-order valence-electron chi connectivity index (χ1n) is 6.87. The molecule has 1 aromatic carbocycles. The molecular weight excluding hydrogens is 272 g/mol. The summed E-state index contributed by atoms with van der Waals surface area (Å²) in [5.74, 6) is 0.425. The van der Waals surface area contributed by atoms with Crippen LogP contribution in [0.15, 0.2) is 30.3 Å². The first-order valence-corrected chi connectivity index (χ1v) is 7.41. The lowest BCUT2D eigenvalue weighted by Gasteiger charge is -2.30. The normalized spacial score (nSPS) is 11.2. The molecule has 0 saturated heterocycles. The number of ether oxygens (including phenoxy) is 1. The van der Waals surface area contributed by atoms with E-state index in [0.29, 0.717) is 18.5 Å². The maximum atomic E-state index is 5.98. The van der Waals surface area contributed by atoms with Crippen molar-refractivity contribution >= 4 is 28.2 Å². The van der Waals surface area contributed by atoms with E-state index in [1.54, 1.807) is 7.11 Å². The predicted molar refractivity (Wildman–Crippen MR) is 85.7 cm³/mol. The summed E-state index contributed by atoms with van der Waals surface area (Å²) in [6.07, 6.45) is 0. The maximum absolute atomic E-state index is 5.98. The van der Waals surface area contributed by atoms with Gasteiger partial charge in [-0.2, -0.15) is 0 Å². The Morgan fingerprint density at radius 2 is 2.05 bits per heavy atom. The molecule has 2 aromatic rings. The van der Waals surface area contributed by atoms with Gasteiger partial charge in [-0.1, -0.05) is 18.2 Å². The van der Waals surface area contributed by atoms with Gasteiger partial charge in [-0.15, -0.1) is 11.6 Å².